The summed E-state index contributed by atoms with van der Waals surface area (Å²) in [6, 6.07) is 0. The first-order valence-corrected chi connectivity index (χ1v) is 9.96. The van der Waals surface area contributed by atoms with Gasteiger partial charge >= 0.3 is 17.9 Å². The van der Waals surface area contributed by atoms with Crippen LogP contribution in [-0.4, -0.2) is 65.4 Å². The summed E-state index contributed by atoms with van der Waals surface area (Å²) >= 11 is 0. The molecule has 0 amide bonds. The molecule has 9 heteroatoms. The highest BCUT2D eigenvalue weighted by Gasteiger charge is 2.50. The number of hydrogen-bond donors (Lipinski definition) is 2. The van der Waals surface area contributed by atoms with Crippen LogP contribution in [0.2, 0.25) is 0 Å². The van der Waals surface area contributed by atoms with E-state index in [1.807, 2.05) is 0 Å². The number of aliphatic hydroxyl groups is 2. The second-order valence-corrected chi connectivity index (χ2v) is 10.6. The van der Waals surface area contributed by atoms with Crippen LogP contribution >= 0.6 is 0 Å². The molecule has 1 heterocycles. The molecular formula is C21H36O9. The Morgan fingerprint density at radius 3 is 1.60 bits per heavy atom. The summed E-state index contributed by atoms with van der Waals surface area (Å²) in [6.07, 6.45) is -7.29. The zero-order valence-electron chi connectivity index (χ0n) is 19.3. The molecule has 1 aliphatic heterocycles. The van der Waals surface area contributed by atoms with E-state index in [9.17, 15) is 24.6 Å². The van der Waals surface area contributed by atoms with Crippen molar-refractivity contribution in [2.75, 3.05) is 6.61 Å². The van der Waals surface area contributed by atoms with Gasteiger partial charge in [0.05, 0.1) is 16.2 Å². The molecule has 0 aromatic rings. The molecule has 0 bridgehead atoms. The maximum atomic E-state index is 12.3. The smallest absolute Gasteiger partial charge is 0.313 e. The van der Waals surface area contributed by atoms with Gasteiger partial charge in [0.25, 0.3) is 0 Å². The summed E-state index contributed by atoms with van der Waals surface area (Å²) in [5, 5.41) is 21.3. The molecule has 0 radical (unpaired) electrons. The largest absolute Gasteiger partial charge is 0.462 e. The van der Waals surface area contributed by atoms with E-state index in [4.69, 9.17) is 18.9 Å². The molecule has 1 aliphatic rings. The van der Waals surface area contributed by atoms with Gasteiger partial charge in [-0.2, -0.15) is 0 Å². The third kappa shape index (κ3) is 6.92. The highest BCUT2D eigenvalue weighted by Crippen LogP contribution is 2.29. The van der Waals surface area contributed by atoms with Gasteiger partial charge in [-0.15, -0.1) is 0 Å². The minimum Gasteiger partial charge on any atom is -0.462 e. The van der Waals surface area contributed by atoms with Crippen LogP contribution in [-0.2, 0) is 33.3 Å². The first kappa shape index (κ1) is 26.3. The molecule has 0 aromatic heterocycles. The van der Waals surface area contributed by atoms with E-state index < -0.39 is 64.9 Å². The summed E-state index contributed by atoms with van der Waals surface area (Å²) in [5.74, 6) is -1.86. The summed E-state index contributed by atoms with van der Waals surface area (Å²) in [6.45, 7) is 14.3. The lowest BCUT2D eigenvalue weighted by Crippen LogP contribution is -2.61. The van der Waals surface area contributed by atoms with Gasteiger partial charge in [-0.1, -0.05) is 0 Å². The van der Waals surface area contributed by atoms with E-state index in [0.717, 1.165) is 0 Å². The Hall–Kier alpha value is -1.71. The molecule has 174 valence electrons. The molecule has 1 fully saturated rings. The summed E-state index contributed by atoms with van der Waals surface area (Å²) in [5.41, 5.74) is -2.57. The molecule has 2 N–H and O–H groups in total. The average molecular weight is 433 g/mol. The number of aliphatic hydroxyl groups excluding tert-OH is 2. The zero-order chi connectivity index (χ0) is 23.7. The van der Waals surface area contributed by atoms with Crippen molar-refractivity contribution < 1.29 is 43.5 Å². The third-order valence-electron chi connectivity index (χ3n) is 4.32. The minimum absolute atomic E-state index is 0.378. The third-order valence-corrected chi connectivity index (χ3v) is 4.32. The van der Waals surface area contributed by atoms with Gasteiger partial charge in [-0.3, -0.25) is 14.4 Å². The van der Waals surface area contributed by atoms with Crippen LogP contribution in [0.5, 0.6) is 0 Å². The number of carbonyl (C=O) groups excluding carboxylic acids is 3. The average Bonchev–Trinajstić information content (AvgIpc) is 2.56. The Morgan fingerprint density at radius 2 is 1.17 bits per heavy atom. The van der Waals surface area contributed by atoms with Crippen molar-refractivity contribution in [2.24, 2.45) is 16.2 Å². The van der Waals surface area contributed by atoms with Crippen LogP contribution in [0.4, 0.5) is 0 Å². The lowest BCUT2D eigenvalue weighted by Gasteiger charge is -2.42. The monoisotopic (exact) mass is 432 g/mol. The number of hydrogen-bond acceptors (Lipinski definition) is 9. The van der Waals surface area contributed by atoms with Gasteiger partial charge in [0.1, 0.15) is 18.8 Å². The fraction of sp³-hybridized carbons (Fsp3) is 0.857. The Kier molecular flexibility index (Phi) is 8.07. The zero-order valence-corrected chi connectivity index (χ0v) is 19.3. The Bertz CT molecular complexity index is 636. The highest BCUT2D eigenvalue weighted by molar-refractivity contribution is 5.76. The quantitative estimate of drug-likeness (QED) is 0.502. The molecule has 5 unspecified atom stereocenters. The van der Waals surface area contributed by atoms with Crippen LogP contribution in [0.25, 0.3) is 0 Å². The van der Waals surface area contributed by atoms with Crippen molar-refractivity contribution in [3.63, 3.8) is 0 Å². The van der Waals surface area contributed by atoms with Crippen molar-refractivity contribution in [2.45, 2.75) is 93.0 Å². The standard InChI is InChI=1S/C21H36O9/c1-19(2,3)16(24)27-10-11-12(22)14(29-17(25)20(4,5)6)13(23)15(28-11)30-18(26)21(7,8)9/h11-15,22-23H,10H2,1-9H3. The summed E-state index contributed by atoms with van der Waals surface area (Å²) in [4.78, 5) is 36.7. The highest BCUT2D eigenvalue weighted by atomic mass is 16.7. The summed E-state index contributed by atoms with van der Waals surface area (Å²) < 4.78 is 21.3. The van der Waals surface area contributed by atoms with Crippen molar-refractivity contribution in [1.29, 1.82) is 0 Å². The molecule has 0 spiro atoms. The maximum absolute atomic E-state index is 12.3. The predicted molar refractivity (Wildman–Crippen MR) is 106 cm³/mol. The van der Waals surface area contributed by atoms with Gasteiger partial charge in [0.2, 0.25) is 6.29 Å². The lowest BCUT2D eigenvalue weighted by molar-refractivity contribution is -0.299. The molecule has 0 aliphatic carbocycles. The van der Waals surface area contributed by atoms with Crippen LogP contribution in [0, 0.1) is 16.2 Å². The molecule has 9 nitrogen and oxygen atoms in total. The molecule has 5 atom stereocenters. The minimum atomic E-state index is -1.63. The molecule has 30 heavy (non-hydrogen) atoms. The topological polar surface area (TPSA) is 129 Å². The van der Waals surface area contributed by atoms with E-state index >= 15 is 0 Å². The van der Waals surface area contributed by atoms with Crippen molar-refractivity contribution in [1.82, 2.24) is 0 Å². The number of ether oxygens (including phenoxy) is 4. The van der Waals surface area contributed by atoms with Crippen LogP contribution in [0.1, 0.15) is 62.3 Å². The van der Waals surface area contributed by atoms with E-state index in [-0.39, 0.29) is 6.61 Å². The Balaban J connectivity index is 3.08. The predicted octanol–water partition coefficient (Wildman–Crippen LogP) is 1.57. The lowest BCUT2D eigenvalue weighted by atomic mass is 9.94. The van der Waals surface area contributed by atoms with Crippen LogP contribution < -0.4 is 0 Å². The maximum Gasteiger partial charge on any atom is 0.313 e. The SMILES string of the molecule is CC(C)(C)C(=O)OCC1OC(OC(=O)C(C)(C)C)C(O)C(OC(=O)C(C)(C)C)C1O. The van der Waals surface area contributed by atoms with Crippen molar-refractivity contribution >= 4 is 17.9 Å². The molecule has 1 saturated heterocycles. The normalized spacial score (nSPS) is 27.9. The Morgan fingerprint density at radius 1 is 0.733 bits per heavy atom. The number of esters is 3. The van der Waals surface area contributed by atoms with Crippen molar-refractivity contribution in [3.05, 3.63) is 0 Å². The number of carbonyl (C=O) groups is 3. The fourth-order valence-corrected chi connectivity index (χ4v) is 2.23. The van der Waals surface area contributed by atoms with E-state index in [0.29, 0.717) is 0 Å². The van der Waals surface area contributed by atoms with Gasteiger partial charge in [0, 0.05) is 0 Å². The fourth-order valence-electron chi connectivity index (χ4n) is 2.23. The van der Waals surface area contributed by atoms with E-state index in [2.05, 4.69) is 0 Å². The second kappa shape index (κ2) is 9.20. The molecule has 1 rings (SSSR count). The molecular weight excluding hydrogens is 396 g/mol. The first-order valence-electron chi connectivity index (χ1n) is 9.96. The second-order valence-electron chi connectivity index (χ2n) is 10.6. The van der Waals surface area contributed by atoms with Crippen LogP contribution in [0.3, 0.4) is 0 Å². The van der Waals surface area contributed by atoms with E-state index in [1.165, 1.54) is 0 Å². The van der Waals surface area contributed by atoms with E-state index in [1.54, 1.807) is 62.3 Å². The van der Waals surface area contributed by atoms with Gasteiger partial charge in [-0.25, -0.2) is 0 Å². The van der Waals surface area contributed by atoms with Gasteiger partial charge < -0.3 is 29.2 Å². The van der Waals surface area contributed by atoms with Crippen LogP contribution in [0.15, 0.2) is 0 Å². The number of rotatable bonds is 4. The molecule has 0 aromatic carbocycles. The first-order chi connectivity index (χ1) is 13.4. The summed E-state index contributed by atoms with van der Waals surface area (Å²) in [7, 11) is 0. The molecule has 0 saturated carbocycles. The van der Waals surface area contributed by atoms with Crippen molar-refractivity contribution in [3.8, 4) is 0 Å². The van der Waals surface area contributed by atoms with Gasteiger partial charge in [-0.05, 0) is 62.3 Å². The Labute approximate surface area is 178 Å². The van der Waals surface area contributed by atoms with Gasteiger partial charge in [0.15, 0.2) is 12.2 Å².